The molecule has 36 heavy (non-hydrogen) atoms. The van der Waals surface area contributed by atoms with Crippen LogP contribution in [0.1, 0.15) is 38.2 Å². The highest BCUT2D eigenvalue weighted by atomic mass is 35.5. The molecule has 6 nitrogen and oxygen atoms in total. The number of fused-ring (bicyclic) bond motifs is 3. The van der Waals surface area contributed by atoms with E-state index in [2.05, 4.69) is 4.90 Å². The van der Waals surface area contributed by atoms with Crippen LogP contribution in [0.3, 0.4) is 0 Å². The number of hydrogen-bond acceptors (Lipinski definition) is 6. The minimum absolute atomic E-state index is 0.141. The Morgan fingerprint density at radius 2 is 1.83 bits per heavy atom. The molecular weight excluding hydrogens is 525 g/mol. The highest BCUT2D eigenvalue weighted by Crippen LogP contribution is 2.44. The number of ether oxygens (including phenoxy) is 4. The van der Waals surface area contributed by atoms with Gasteiger partial charge >= 0.3 is 0 Å². The van der Waals surface area contributed by atoms with Gasteiger partial charge in [-0.2, -0.15) is 0 Å². The summed E-state index contributed by atoms with van der Waals surface area (Å²) in [5.41, 5.74) is 4.76. The lowest BCUT2D eigenvalue weighted by Gasteiger charge is -2.30. The maximum Gasteiger partial charge on any atom is 0.231 e. The summed E-state index contributed by atoms with van der Waals surface area (Å²) in [7, 11) is 0. The molecule has 3 aliphatic rings. The van der Waals surface area contributed by atoms with Gasteiger partial charge in [0.05, 0.1) is 22.2 Å². The monoisotopic (exact) mass is 543 g/mol. The molecular formula is C27H20Cl3NO5. The lowest BCUT2D eigenvalue weighted by molar-refractivity contribution is -0.0165. The number of allylic oxidation sites excluding steroid dienone is 1. The molecule has 0 unspecified atom stereocenters. The van der Waals surface area contributed by atoms with Gasteiger partial charge in [0.25, 0.3) is 0 Å². The molecule has 0 atom stereocenters. The molecule has 0 bridgehead atoms. The van der Waals surface area contributed by atoms with Crippen molar-refractivity contribution in [2.45, 2.75) is 26.6 Å². The molecule has 0 aromatic heterocycles. The molecule has 3 heterocycles. The van der Waals surface area contributed by atoms with Crippen LogP contribution in [0.2, 0.25) is 15.1 Å². The van der Waals surface area contributed by atoms with Gasteiger partial charge in [0.15, 0.2) is 12.6 Å². The summed E-state index contributed by atoms with van der Waals surface area (Å²) in [6.07, 6.45) is 1.67. The predicted octanol–water partition coefficient (Wildman–Crippen LogP) is 6.79. The molecule has 3 aromatic rings. The number of Topliss-reactive ketones (excluding diaryl/α,β-unsaturated/α-hetero) is 1. The first kappa shape index (κ1) is 23.6. The number of benzene rings is 3. The lowest BCUT2D eigenvalue weighted by atomic mass is 9.99. The Balaban J connectivity index is 1.29. The molecule has 0 aliphatic carbocycles. The van der Waals surface area contributed by atoms with E-state index >= 15 is 0 Å². The molecule has 3 aliphatic heterocycles. The topological polar surface area (TPSA) is 57.2 Å². The van der Waals surface area contributed by atoms with Crippen LogP contribution < -0.4 is 14.2 Å². The minimum Gasteiger partial charge on any atom is -0.477 e. The molecule has 9 heteroatoms. The zero-order valence-corrected chi connectivity index (χ0v) is 21.5. The van der Waals surface area contributed by atoms with Gasteiger partial charge in [-0.15, -0.1) is 0 Å². The molecule has 0 saturated heterocycles. The predicted molar refractivity (Wildman–Crippen MR) is 137 cm³/mol. The minimum atomic E-state index is -0.196. The van der Waals surface area contributed by atoms with Gasteiger partial charge < -0.3 is 18.9 Å². The fourth-order valence-corrected chi connectivity index (χ4v) is 5.32. The summed E-state index contributed by atoms with van der Waals surface area (Å²) in [5.74, 6) is 1.92. The Bertz CT molecular complexity index is 1450. The smallest absolute Gasteiger partial charge is 0.231 e. The van der Waals surface area contributed by atoms with Crippen LogP contribution in [0.25, 0.3) is 6.08 Å². The molecule has 184 valence electrons. The number of hydrogen-bond donors (Lipinski definition) is 0. The van der Waals surface area contributed by atoms with E-state index in [0.717, 1.165) is 28.0 Å². The Hall–Kier alpha value is -2.74. The highest BCUT2D eigenvalue weighted by Gasteiger charge is 2.34. The number of halogens is 3. The first-order chi connectivity index (χ1) is 17.4. The SMILES string of the molecule is Cc1c2c(cc3c1O/C(=C\c1cc(Cl)cc4c1OCOC4)C3=O)CN(Cc1ccc(Cl)c(Cl)c1)CO2. The van der Waals surface area contributed by atoms with Crippen molar-refractivity contribution in [3.8, 4) is 17.2 Å². The van der Waals surface area contributed by atoms with Gasteiger partial charge in [-0.3, -0.25) is 9.69 Å². The van der Waals surface area contributed by atoms with Crippen molar-refractivity contribution in [2.75, 3.05) is 13.5 Å². The standard InChI is InChI=1S/C27H20Cl3NO5/c1-14-25-17(10-31(12-34-25)9-15-2-3-21(29)22(30)4-15)7-20-24(32)23(36-26(14)20)8-16-5-19(28)6-18-11-33-13-35-27(16)18/h2-8H,9-13H2,1H3/b23-8-. The molecule has 0 spiro atoms. The number of nitrogens with zero attached hydrogens (tertiary/aromatic N) is 1. The maximum atomic E-state index is 13.4. The summed E-state index contributed by atoms with van der Waals surface area (Å²) in [5, 5.41) is 1.56. The highest BCUT2D eigenvalue weighted by molar-refractivity contribution is 6.42. The van der Waals surface area contributed by atoms with Gasteiger partial charge in [-0.1, -0.05) is 40.9 Å². The zero-order chi connectivity index (χ0) is 25.0. The van der Waals surface area contributed by atoms with E-state index in [9.17, 15) is 4.79 Å². The first-order valence-electron chi connectivity index (χ1n) is 11.3. The summed E-state index contributed by atoms with van der Waals surface area (Å²) >= 11 is 18.5. The second-order valence-corrected chi connectivity index (χ2v) is 10.2. The summed E-state index contributed by atoms with van der Waals surface area (Å²) < 4.78 is 23.2. The number of rotatable bonds is 3. The Morgan fingerprint density at radius 1 is 0.972 bits per heavy atom. The number of carbonyl (C=O) groups excluding carboxylic acids is 1. The lowest BCUT2D eigenvalue weighted by Crippen LogP contribution is -2.32. The van der Waals surface area contributed by atoms with Crippen LogP contribution in [0.5, 0.6) is 17.2 Å². The molecule has 0 radical (unpaired) electrons. The van der Waals surface area contributed by atoms with Crippen molar-refractivity contribution in [3.05, 3.63) is 90.6 Å². The van der Waals surface area contributed by atoms with E-state index in [0.29, 0.717) is 64.1 Å². The fourth-order valence-electron chi connectivity index (χ4n) is 4.75. The first-order valence-corrected chi connectivity index (χ1v) is 12.4. The van der Waals surface area contributed by atoms with E-state index in [1.54, 1.807) is 24.3 Å². The molecule has 3 aromatic carbocycles. The van der Waals surface area contributed by atoms with Crippen LogP contribution in [-0.2, 0) is 24.4 Å². The third-order valence-electron chi connectivity index (χ3n) is 6.38. The van der Waals surface area contributed by atoms with Crippen LogP contribution in [0, 0.1) is 6.92 Å². The van der Waals surface area contributed by atoms with Crippen LogP contribution in [-0.4, -0.2) is 24.2 Å². The van der Waals surface area contributed by atoms with Crippen molar-refractivity contribution in [1.82, 2.24) is 4.90 Å². The van der Waals surface area contributed by atoms with Crippen LogP contribution in [0.15, 0.2) is 42.2 Å². The molecule has 0 fully saturated rings. The van der Waals surface area contributed by atoms with E-state index in [1.807, 2.05) is 25.1 Å². The normalized spacial score (nSPS) is 17.7. The van der Waals surface area contributed by atoms with Gasteiger partial charge in [-0.25, -0.2) is 0 Å². The van der Waals surface area contributed by atoms with E-state index < -0.39 is 0 Å². The van der Waals surface area contributed by atoms with Gasteiger partial charge in [0, 0.05) is 40.4 Å². The summed E-state index contributed by atoms with van der Waals surface area (Å²) in [4.78, 5) is 15.5. The Labute approximate surface area is 222 Å². The third-order valence-corrected chi connectivity index (χ3v) is 7.34. The molecule has 6 rings (SSSR count). The summed E-state index contributed by atoms with van der Waals surface area (Å²) in [6.45, 7) is 4.09. The maximum absolute atomic E-state index is 13.4. The van der Waals surface area contributed by atoms with Crippen molar-refractivity contribution >= 4 is 46.7 Å². The van der Waals surface area contributed by atoms with Crippen LogP contribution in [0.4, 0.5) is 0 Å². The van der Waals surface area contributed by atoms with Crippen LogP contribution >= 0.6 is 34.8 Å². The second-order valence-electron chi connectivity index (χ2n) is 8.91. The Kier molecular flexibility index (Phi) is 6.10. The average Bonchev–Trinajstić information content (AvgIpc) is 3.17. The number of ketones is 1. The number of carbonyl (C=O) groups is 1. The van der Waals surface area contributed by atoms with Crippen molar-refractivity contribution in [2.24, 2.45) is 0 Å². The van der Waals surface area contributed by atoms with Crippen molar-refractivity contribution in [1.29, 1.82) is 0 Å². The van der Waals surface area contributed by atoms with E-state index in [-0.39, 0.29) is 18.3 Å². The van der Waals surface area contributed by atoms with E-state index in [4.69, 9.17) is 53.8 Å². The quantitative estimate of drug-likeness (QED) is 0.338. The van der Waals surface area contributed by atoms with Gasteiger partial charge in [0.1, 0.15) is 24.0 Å². The largest absolute Gasteiger partial charge is 0.477 e. The van der Waals surface area contributed by atoms with Gasteiger partial charge in [-0.05, 0) is 48.9 Å². The van der Waals surface area contributed by atoms with Gasteiger partial charge in [0.2, 0.25) is 5.78 Å². The van der Waals surface area contributed by atoms with Crippen molar-refractivity contribution in [3.63, 3.8) is 0 Å². The van der Waals surface area contributed by atoms with E-state index in [1.165, 1.54) is 0 Å². The molecule has 0 N–H and O–H groups in total. The third kappa shape index (κ3) is 4.23. The average molecular weight is 545 g/mol. The summed E-state index contributed by atoms with van der Waals surface area (Å²) in [6, 6.07) is 11.0. The molecule has 0 saturated carbocycles. The fraction of sp³-hybridized carbons (Fsp3) is 0.222. The van der Waals surface area contributed by atoms with Crippen molar-refractivity contribution < 1.29 is 23.7 Å². The Morgan fingerprint density at radius 3 is 2.67 bits per heavy atom. The zero-order valence-electron chi connectivity index (χ0n) is 19.2. The second kappa shape index (κ2) is 9.29. The molecule has 0 amide bonds.